The summed E-state index contributed by atoms with van der Waals surface area (Å²) in [5, 5.41) is 10.1. The van der Waals surface area contributed by atoms with Crippen LogP contribution in [0.25, 0.3) is 0 Å². The molecule has 0 saturated carbocycles. The van der Waals surface area contributed by atoms with Crippen molar-refractivity contribution in [1.82, 2.24) is 0 Å². The Labute approximate surface area is 126 Å². The van der Waals surface area contributed by atoms with Gasteiger partial charge in [0.05, 0.1) is 17.7 Å². The third kappa shape index (κ3) is 3.58. The number of aliphatic hydroxyl groups excluding tert-OH is 1. The highest BCUT2D eigenvalue weighted by molar-refractivity contribution is 9.10. The number of hydrogen-bond acceptors (Lipinski definition) is 2. The van der Waals surface area contributed by atoms with Gasteiger partial charge in [-0.15, -0.1) is 0 Å². The summed E-state index contributed by atoms with van der Waals surface area (Å²) in [6.07, 6.45) is 0.339. The van der Waals surface area contributed by atoms with Gasteiger partial charge >= 0.3 is 0 Å². The van der Waals surface area contributed by atoms with E-state index in [2.05, 4.69) is 15.9 Å². The van der Waals surface area contributed by atoms with E-state index in [4.69, 9.17) is 4.74 Å². The van der Waals surface area contributed by atoms with Crippen molar-refractivity contribution in [1.29, 1.82) is 0 Å². The van der Waals surface area contributed by atoms with Gasteiger partial charge in [-0.05, 0) is 52.5 Å². The van der Waals surface area contributed by atoms with Gasteiger partial charge in [-0.1, -0.05) is 24.3 Å². The molecule has 106 valence electrons. The number of rotatable bonds is 5. The van der Waals surface area contributed by atoms with E-state index in [1.807, 2.05) is 24.3 Å². The van der Waals surface area contributed by atoms with Gasteiger partial charge in [-0.25, -0.2) is 4.39 Å². The van der Waals surface area contributed by atoms with Gasteiger partial charge < -0.3 is 9.84 Å². The number of ether oxygens (including phenoxy) is 1. The summed E-state index contributed by atoms with van der Waals surface area (Å²) in [4.78, 5) is 0. The van der Waals surface area contributed by atoms with Gasteiger partial charge in [0.25, 0.3) is 0 Å². The molecular weight excluding hydrogens is 323 g/mol. The van der Waals surface area contributed by atoms with Crippen LogP contribution in [0.2, 0.25) is 0 Å². The molecule has 2 aromatic carbocycles. The van der Waals surface area contributed by atoms with Crippen LogP contribution in [0, 0.1) is 5.82 Å². The van der Waals surface area contributed by atoms with E-state index in [0.717, 1.165) is 11.3 Å². The number of hydrogen-bond donors (Lipinski definition) is 1. The molecule has 0 saturated heterocycles. The minimum absolute atomic E-state index is 0.327. The van der Waals surface area contributed by atoms with Crippen molar-refractivity contribution in [3.05, 3.63) is 63.9 Å². The SMILES string of the molecule is COc1ccc(CCC(O)c2cccc(Br)c2F)cc1. The molecule has 0 radical (unpaired) electrons. The molecule has 0 amide bonds. The molecule has 0 aromatic heterocycles. The third-order valence-corrected chi connectivity index (χ3v) is 3.82. The maximum atomic E-state index is 13.9. The molecule has 1 N–H and O–H groups in total. The molecule has 0 spiro atoms. The van der Waals surface area contributed by atoms with E-state index >= 15 is 0 Å². The van der Waals surface area contributed by atoms with Crippen LogP contribution in [0.3, 0.4) is 0 Å². The van der Waals surface area contributed by atoms with E-state index in [-0.39, 0.29) is 0 Å². The van der Waals surface area contributed by atoms with Crippen molar-refractivity contribution in [2.24, 2.45) is 0 Å². The molecule has 0 aliphatic rings. The Balaban J connectivity index is 2.00. The smallest absolute Gasteiger partial charge is 0.143 e. The Morgan fingerprint density at radius 2 is 1.90 bits per heavy atom. The van der Waals surface area contributed by atoms with Gasteiger partial charge in [0.15, 0.2) is 0 Å². The highest BCUT2D eigenvalue weighted by atomic mass is 79.9. The summed E-state index contributed by atoms with van der Waals surface area (Å²) in [5.74, 6) is 0.405. The quantitative estimate of drug-likeness (QED) is 0.882. The van der Waals surface area contributed by atoms with Crippen molar-refractivity contribution in [2.75, 3.05) is 7.11 Å². The van der Waals surface area contributed by atoms with Crippen LogP contribution in [0.1, 0.15) is 23.7 Å². The van der Waals surface area contributed by atoms with Crippen LogP contribution < -0.4 is 4.74 Å². The molecule has 0 heterocycles. The maximum Gasteiger partial charge on any atom is 0.143 e. The van der Waals surface area contributed by atoms with Crippen molar-refractivity contribution >= 4 is 15.9 Å². The van der Waals surface area contributed by atoms with Crippen LogP contribution in [-0.4, -0.2) is 12.2 Å². The lowest BCUT2D eigenvalue weighted by Crippen LogP contribution is -2.03. The summed E-state index contributed by atoms with van der Waals surface area (Å²) >= 11 is 3.13. The van der Waals surface area contributed by atoms with Crippen LogP contribution in [-0.2, 0) is 6.42 Å². The van der Waals surface area contributed by atoms with Crippen LogP contribution in [0.5, 0.6) is 5.75 Å². The molecule has 0 aliphatic heterocycles. The third-order valence-electron chi connectivity index (χ3n) is 3.21. The maximum absolute atomic E-state index is 13.9. The summed E-state index contributed by atoms with van der Waals surface area (Å²) < 4.78 is 19.3. The topological polar surface area (TPSA) is 29.5 Å². The summed E-state index contributed by atoms with van der Waals surface area (Å²) in [7, 11) is 1.62. The standard InChI is InChI=1S/C16H16BrFO2/c1-20-12-8-5-11(6-9-12)7-10-15(19)13-3-2-4-14(17)16(13)18/h2-6,8-9,15,19H,7,10H2,1H3. The average Bonchev–Trinajstić information content (AvgIpc) is 2.48. The zero-order chi connectivity index (χ0) is 14.5. The second-order valence-corrected chi connectivity index (χ2v) is 5.40. The lowest BCUT2D eigenvalue weighted by atomic mass is 10.0. The van der Waals surface area contributed by atoms with Gasteiger partial charge in [0.2, 0.25) is 0 Å². The van der Waals surface area contributed by atoms with Gasteiger partial charge in [0, 0.05) is 5.56 Å². The summed E-state index contributed by atoms with van der Waals surface area (Å²) in [5.41, 5.74) is 1.41. The van der Waals surface area contributed by atoms with E-state index < -0.39 is 11.9 Å². The van der Waals surface area contributed by atoms with Crippen LogP contribution in [0.4, 0.5) is 4.39 Å². The van der Waals surface area contributed by atoms with Gasteiger partial charge in [0.1, 0.15) is 11.6 Å². The molecule has 0 aliphatic carbocycles. The van der Waals surface area contributed by atoms with Crippen molar-refractivity contribution in [3.8, 4) is 5.75 Å². The first-order valence-corrected chi connectivity index (χ1v) is 7.16. The Kier molecular flexibility index (Phi) is 5.15. The zero-order valence-corrected chi connectivity index (χ0v) is 12.7. The zero-order valence-electron chi connectivity index (χ0n) is 11.1. The minimum atomic E-state index is -0.811. The van der Waals surface area contributed by atoms with E-state index in [1.165, 1.54) is 0 Å². The molecular formula is C16H16BrFO2. The molecule has 0 bridgehead atoms. The van der Waals surface area contributed by atoms with E-state index in [0.29, 0.717) is 22.9 Å². The second-order valence-electron chi connectivity index (χ2n) is 4.55. The lowest BCUT2D eigenvalue weighted by Gasteiger charge is -2.13. The average molecular weight is 339 g/mol. The Hall–Kier alpha value is -1.39. The molecule has 4 heteroatoms. The van der Waals surface area contributed by atoms with E-state index in [1.54, 1.807) is 25.3 Å². The van der Waals surface area contributed by atoms with Crippen LogP contribution >= 0.6 is 15.9 Å². The first kappa shape index (κ1) is 15.0. The van der Waals surface area contributed by atoms with Gasteiger partial charge in [-0.2, -0.15) is 0 Å². The predicted molar refractivity (Wildman–Crippen MR) is 80.4 cm³/mol. The molecule has 2 nitrogen and oxygen atoms in total. The molecule has 20 heavy (non-hydrogen) atoms. The van der Waals surface area contributed by atoms with Crippen LogP contribution in [0.15, 0.2) is 46.9 Å². The van der Waals surface area contributed by atoms with E-state index in [9.17, 15) is 9.50 Å². The van der Waals surface area contributed by atoms with Crippen molar-refractivity contribution in [3.63, 3.8) is 0 Å². The normalized spacial score (nSPS) is 12.2. The summed E-state index contributed by atoms with van der Waals surface area (Å²) in [6, 6.07) is 12.6. The Morgan fingerprint density at radius 3 is 2.55 bits per heavy atom. The van der Waals surface area contributed by atoms with Crippen molar-refractivity contribution < 1.29 is 14.2 Å². The first-order chi connectivity index (χ1) is 9.61. The Bertz CT molecular complexity index is 569. The number of benzene rings is 2. The molecule has 2 aromatic rings. The number of methoxy groups -OCH3 is 1. The second kappa shape index (κ2) is 6.86. The highest BCUT2D eigenvalue weighted by Crippen LogP contribution is 2.26. The van der Waals surface area contributed by atoms with Crippen molar-refractivity contribution in [2.45, 2.75) is 18.9 Å². The fourth-order valence-corrected chi connectivity index (χ4v) is 2.41. The Morgan fingerprint density at radius 1 is 1.20 bits per heavy atom. The number of aryl methyl sites for hydroxylation is 1. The summed E-state index contributed by atoms with van der Waals surface area (Å²) in [6.45, 7) is 0. The molecule has 1 unspecified atom stereocenters. The number of halogens is 2. The molecule has 2 rings (SSSR count). The largest absolute Gasteiger partial charge is 0.497 e. The highest BCUT2D eigenvalue weighted by Gasteiger charge is 2.14. The fraction of sp³-hybridized carbons (Fsp3) is 0.250. The molecule has 1 atom stereocenters. The number of aliphatic hydroxyl groups is 1. The lowest BCUT2D eigenvalue weighted by molar-refractivity contribution is 0.163. The monoisotopic (exact) mass is 338 g/mol. The van der Waals surface area contributed by atoms with Gasteiger partial charge in [-0.3, -0.25) is 0 Å². The fourth-order valence-electron chi connectivity index (χ4n) is 2.03. The first-order valence-electron chi connectivity index (χ1n) is 6.36. The minimum Gasteiger partial charge on any atom is -0.497 e. The molecule has 0 fully saturated rings. The predicted octanol–water partition coefficient (Wildman–Crippen LogP) is 4.26.